The molecule has 8 nitrogen and oxygen atoms in total. The molecule has 2 heterocycles. The van der Waals surface area contributed by atoms with Crippen molar-refractivity contribution in [1.29, 1.82) is 0 Å². The summed E-state index contributed by atoms with van der Waals surface area (Å²) < 4.78 is 26.2. The van der Waals surface area contributed by atoms with Crippen molar-refractivity contribution in [1.82, 2.24) is 15.3 Å². The Kier molecular flexibility index (Phi) is 5.73. The van der Waals surface area contributed by atoms with Gasteiger partial charge in [0, 0.05) is 11.5 Å². The number of Topliss-reactive ketones (excluding diaryl/α,β-unsaturated/α-hetero) is 1. The van der Waals surface area contributed by atoms with Gasteiger partial charge >= 0.3 is 0 Å². The van der Waals surface area contributed by atoms with E-state index in [2.05, 4.69) is 20.6 Å². The molecule has 5 rings (SSSR count). The summed E-state index contributed by atoms with van der Waals surface area (Å²) >= 11 is 5.91. The summed E-state index contributed by atoms with van der Waals surface area (Å²) in [7, 11) is 1.54. The molecule has 34 heavy (non-hydrogen) atoms. The van der Waals surface area contributed by atoms with E-state index in [0.717, 1.165) is 0 Å². The zero-order valence-corrected chi connectivity index (χ0v) is 19.1. The summed E-state index contributed by atoms with van der Waals surface area (Å²) in [6.07, 6.45) is 3.45. The Labute approximate surface area is 199 Å². The first-order valence-electron chi connectivity index (χ1n) is 10.9. The smallest absolute Gasteiger partial charge is 0.228 e. The van der Waals surface area contributed by atoms with E-state index in [-0.39, 0.29) is 34.9 Å². The van der Waals surface area contributed by atoms with Crippen LogP contribution in [0.1, 0.15) is 32.1 Å². The SMILES string of the molecule is COc1cc2ncnc(Nc3cccc(Cl)c3F)c2cc1OC1CCC2(CC1)NC(=O)CC2=O. The number of halogens is 2. The molecule has 3 aromatic rings. The number of benzene rings is 2. The maximum Gasteiger partial charge on any atom is 0.228 e. The van der Waals surface area contributed by atoms with Gasteiger partial charge in [0.2, 0.25) is 5.91 Å². The number of amides is 1. The monoisotopic (exact) mass is 484 g/mol. The lowest BCUT2D eigenvalue weighted by Crippen LogP contribution is -2.50. The third-order valence-corrected chi connectivity index (χ3v) is 6.73. The van der Waals surface area contributed by atoms with E-state index >= 15 is 0 Å². The Bertz CT molecular complexity index is 1290. The van der Waals surface area contributed by atoms with Crippen LogP contribution in [0.25, 0.3) is 10.9 Å². The standard InChI is InChI=1S/C24H22ClFN4O4/c1-33-18-10-17-14(23(28-12-27-17)29-16-4-2-3-15(25)22(16)26)9-19(18)34-13-5-7-24(8-6-13)20(31)11-21(32)30-24/h2-4,9-10,12-13H,5-8,11H2,1H3,(H,30,32)(H,27,28,29). The second-order valence-corrected chi connectivity index (χ2v) is 8.92. The lowest BCUT2D eigenvalue weighted by molar-refractivity contribution is -0.124. The molecular weight excluding hydrogens is 463 g/mol. The van der Waals surface area contributed by atoms with Gasteiger partial charge in [-0.15, -0.1) is 0 Å². The van der Waals surface area contributed by atoms with Crippen LogP contribution in [0.2, 0.25) is 5.02 Å². The second-order valence-electron chi connectivity index (χ2n) is 8.52. The number of ketones is 1. The number of hydrogen-bond acceptors (Lipinski definition) is 7. The number of rotatable bonds is 5. The van der Waals surface area contributed by atoms with Crippen LogP contribution in [0.15, 0.2) is 36.7 Å². The van der Waals surface area contributed by atoms with E-state index < -0.39 is 11.4 Å². The van der Waals surface area contributed by atoms with Crippen molar-refractivity contribution < 1.29 is 23.5 Å². The Balaban J connectivity index is 1.41. The van der Waals surface area contributed by atoms with Crippen LogP contribution in [0, 0.1) is 5.82 Å². The quantitative estimate of drug-likeness (QED) is 0.520. The number of anilines is 2. The first kappa shape index (κ1) is 22.3. The molecule has 2 aromatic carbocycles. The molecule has 2 aliphatic rings. The predicted octanol–water partition coefficient (Wildman–Crippen LogP) is 4.32. The predicted molar refractivity (Wildman–Crippen MR) is 124 cm³/mol. The molecule has 1 amide bonds. The third kappa shape index (κ3) is 4.00. The fourth-order valence-electron chi connectivity index (χ4n) is 4.62. The van der Waals surface area contributed by atoms with Gasteiger partial charge in [0.05, 0.1) is 41.4 Å². The van der Waals surface area contributed by atoms with Crippen molar-refractivity contribution in [2.45, 2.75) is 43.7 Å². The van der Waals surface area contributed by atoms with Gasteiger partial charge in [0.1, 0.15) is 12.1 Å². The van der Waals surface area contributed by atoms with Gasteiger partial charge in [0.25, 0.3) is 0 Å². The van der Waals surface area contributed by atoms with Crippen molar-refractivity contribution in [3.05, 3.63) is 47.5 Å². The molecule has 1 aromatic heterocycles. The van der Waals surface area contributed by atoms with E-state index in [4.69, 9.17) is 21.1 Å². The van der Waals surface area contributed by atoms with Crippen LogP contribution in [-0.2, 0) is 9.59 Å². The molecule has 1 aliphatic carbocycles. The normalized spacial score (nSPS) is 22.1. The Morgan fingerprint density at radius 2 is 1.97 bits per heavy atom. The van der Waals surface area contributed by atoms with Gasteiger partial charge < -0.3 is 20.1 Å². The van der Waals surface area contributed by atoms with E-state index in [9.17, 15) is 14.0 Å². The van der Waals surface area contributed by atoms with Crippen molar-refractivity contribution >= 4 is 45.7 Å². The molecule has 0 bridgehead atoms. The average molecular weight is 485 g/mol. The Hall–Kier alpha value is -3.46. The highest BCUT2D eigenvalue weighted by Gasteiger charge is 2.48. The van der Waals surface area contributed by atoms with Gasteiger partial charge in [0.15, 0.2) is 23.1 Å². The molecule has 0 radical (unpaired) electrons. The van der Waals surface area contributed by atoms with Gasteiger partial charge in [-0.05, 0) is 43.9 Å². The van der Waals surface area contributed by atoms with Gasteiger partial charge in [-0.2, -0.15) is 0 Å². The van der Waals surface area contributed by atoms with Crippen LogP contribution in [0.3, 0.4) is 0 Å². The number of methoxy groups -OCH3 is 1. The summed E-state index contributed by atoms with van der Waals surface area (Å²) in [4.78, 5) is 32.6. The number of carbonyl (C=O) groups excluding carboxylic acids is 2. The van der Waals surface area contributed by atoms with E-state index in [0.29, 0.717) is 53.9 Å². The van der Waals surface area contributed by atoms with Crippen LogP contribution < -0.4 is 20.1 Å². The van der Waals surface area contributed by atoms with Crippen molar-refractivity contribution in [3.63, 3.8) is 0 Å². The highest BCUT2D eigenvalue weighted by Crippen LogP contribution is 2.39. The zero-order chi connectivity index (χ0) is 23.9. The number of ether oxygens (including phenoxy) is 2. The summed E-state index contributed by atoms with van der Waals surface area (Å²) in [5, 5.41) is 6.45. The maximum absolute atomic E-state index is 14.4. The number of nitrogens with one attached hydrogen (secondary N) is 2. The molecule has 1 saturated heterocycles. The molecule has 1 saturated carbocycles. The highest BCUT2D eigenvalue weighted by atomic mass is 35.5. The summed E-state index contributed by atoms with van der Waals surface area (Å²) in [5.41, 5.74) is 0.0220. The fourth-order valence-corrected chi connectivity index (χ4v) is 4.80. The average Bonchev–Trinajstić information content (AvgIpc) is 3.10. The number of carbonyl (C=O) groups is 2. The van der Waals surface area contributed by atoms with Crippen molar-refractivity contribution in [2.24, 2.45) is 0 Å². The first-order chi connectivity index (χ1) is 16.4. The minimum absolute atomic E-state index is 0.000979. The molecule has 176 valence electrons. The number of fused-ring (bicyclic) bond motifs is 1. The first-order valence-corrected chi connectivity index (χ1v) is 11.3. The lowest BCUT2D eigenvalue weighted by atomic mass is 9.78. The fraction of sp³-hybridized carbons (Fsp3) is 0.333. The topological polar surface area (TPSA) is 102 Å². The number of hydrogen-bond donors (Lipinski definition) is 2. The van der Waals surface area contributed by atoms with Crippen LogP contribution in [0.5, 0.6) is 11.5 Å². The maximum atomic E-state index is 14.4. The van der Waals surface area contributed by atoms with Crippen molar-refractivity contribution in [3.8, 4) is 11.5 Å². The Morgan fingerprint density at radius 1 is 1.18 bits per heavy atom. The third-order valence-electron chi connectivity index (χ3n) is 6.44. The molecule has 0 atom stereocenters. The molecule has 1 spiro atoms. The summed E-state index contributed by atoms with van der Waals surface area (Å²) in [5.74, 6) is 0.544. The van der Waals surface area contributed by atoms with Gasteiger partial charge in [-0.3, -0.25) is 9.59 Å². The van der Waals surface area contributed by atoms with Crippen LogP contribution in [0.4, 0.5) is 15.9 Å². The second kappa shape index (κ2) is 8.72. The van der Waals surface area contributed by atoms with E-state index in [1.165, 1.54) is 19.5 Å². The zero-order valence-electron chi connectivity index (χ0n) is 18.4. The molecule has 0 unspecified atom stereocenters. The summed E-state index contributed by atoms with van der Waals surface area (Å²) in [6, 6.07) is 8.16. The highest BCUT2D eigenvalue weighted by molar-refractivity contribution is 6.31. The minimum Gasteiger partial charge on any atom is -0.493 e. The summed E-state index contributed by atoms with van der Waals surface area (Å²) in [6.45, 7) is 0. The van der Waals surface area contributed by atoms with Crippen LogP contribution in [-0.4, -0.2) is 40.4 Å². The van der Waals surface area contributed by atoms with Gasteiger partial charge in [-0.1, -0.05) is 17.7 Å². The van der Waals surface area contributed by atoms with Crippen LogP contribution >= 0.6 is 11.6 Å². The number of nitrogens with zero attached hydrogens (tertiary/aromatic N) is 2. The van der Waals surface area contributed by atoms with Gasteiger partial charge in [-0.25, -0.2) is 14.4 Å². The molecular formula is C24H22ClFN4O4. The van der Waals surface area contributed by atoms with E-state index in [1.54, 1.807) is 24.3 Å². The molecule has 10 heteroatoms. The molecule has 2 N–H and O–H groups in total. The van der Waals surface area contributed by atoms with E-state index in [1.807, 2.05) is 0 Å². The minimum atomic E-state index is -0.754. The van der Waals surface area contributed by atoms with Crippen molar-refractivity contribution in [2.75, 3.05) is 12.4 Å². The lowest BCUT2D eigenvalue weighted by Gasteiger charge is -2.35. The molecule has 2 fully saturated rings. The largest absolute Gasteiger partial charge is 0.493 e. The number of aromatic nitrogens is 2. The molecule has 1 aliphatic heterocycles. The Morgan fingerprint density at radius 3 is 2.68 bits per heavy atom.